The van der Waals surface area contributed by atoms with E-state index in [1.165, 1.54) is 18.7 Å². The third-order valence-corrected chi connectivity index (χ3v) is 10.6. The maximum atomic E-state index is 12.3. The van der Waals surface area contributed by atoms with E-state index in [1.54, 1.807) is 6.92 Å². The van der Waals surface area contributed by atoms with Gasteiger partial charge < -0.3 is 9.47 Å². The number of rotatable bonds is 12. The SMILES string of the molecule is COC(=O)CCC1=C(C)C(I)=N/C1=C\c1[nH]c(C#C/C(C)=C(/CC[Se]c2ccc(Cl)cc2)C(N)=O)c(C)c1CCC(=O)OC. The van der Waals surface area contributed by atoms with Crippen molar-refractivity contribution < 1.29 is 23.9 Å². The van der Waals surface area contributed by atoms with Gasteiger partial charge in [0.1, 0.15) is 3.72 Å². The molecule has 1 aromatic carbocycles. The summed E-state index contributed by atoms with van der Waals surface area (Å²) in [5, 5.41) is 1.49. The number of H-pyrrole nitrogens is 1. The molecule has 2 aromatic rings. The molecule has 0 aliphatic carbocycles. The van der Waals surface area contributed by atoms with Crippen LogP contribution in [0.5, 0.6) is 0 Å². The molecule has 2 heterocycles. The molecule has 11 heteroatoms. The summed E-state index contributed by atoms with van der Waals surface area (Å²) < 4.78 is 11.7. The zero-order valence-electron chi connectivity index (χ0n) is 25.4. The van der Waals surface area contributed by atoms with Crippen molar-refractivity contribution in [2.75, 3.05) is 14.2 Å². The fourth-order valence-corrected chi connectivity index (χ4v) is 7.10. The standard InChI is InChI=1S/C33H35ClIN3O5Se/c1-19(24(33(36)41)16-17-44-23-9-7-22(34)8-10-23)6-13-27-20(2)25(11-14-30(39)42-4)28(37-27)18-29-26(12-15-31(40)43-5)21(3)32(35)38-29/h7-10,18,37H,11-12,14-17H2,1-5H3,(H2,36,41)/b24-19-,29-18-. The number of aromatic nitrogens is 1. The first-order valence-electron chi connectivity index (χ1n) is 13.9. The van der Waals surface area contributed by atoms with Gasteiger partial charge in [0.2, 0.25) is 0 Å². The number of nitrogens with two attached hydrogens (primary N) is 1. The van der Waals surface area contributed by atoms with Gasteiger partial charge in [-0.05, 0) is 41.5 Å². The summed E-state index contributed by atoms with van der Waals surface area (Å²) >= 11 is 8.34. The third kappa shape index (κ3) is 9.70. The molecule has 232 valence electrons. The van der Waals surface area contributed by atoms with Gasteiger partial charge in [0, 0.05) is 6.42 Å². The molecule has 44 heavy (non-hydrogen) atoms. The van der Waals surface area contributed by atoms with Gasteiger partial charge in [-0.15, -0.1) is 0 Å². The number of allylic oxidation sites excluding steroid dienone is 3. The topological polar surface area (TPSA) is 124 Å². The third-order valence-electron chi connectivity index (χ3n) is 7.16. The minimum atomic E-state index is -0.480. The first-order chi connectivity index (χ1) is 20.9. The summed E-state index contributed by atoms with van der Waals surface area (Å²) in [7, 11) is 2.74. The Kier molecular flexibility index (Phi) is 13.5. The summed E-state index contributed by atoms with van der Waals surface area (Å²) in [5.74, 6) is 5.24. The van der Waals surface area contributed by atoms with E-state index >= 15 is 0 Å². The van der Waals surface area contributed by atoms with E-state index in [0.717, 1.165) is 42.7 Å². The summed E-state index contributed by atoms with van der Waals surface area (Å²) in [6.07, 6.45) is 3.82. The minimum absolute atomic E-state index is 0.162. The number of hydrogen-bond donors (Lipinski definition) is 2. The van der Waals surface area contributed by atoms with Gasteiger partial charge in [0.05, 0.1) is 14.2 Å². The van der Waals surface area contributed by atoms with Crippen LogP contribution in [-0.4, -0.2) is 55.7 Å². The van der Waals surface area contributed by atoms with Gasteiger partial charge in [-0.2, -0.15) is 0 Å². The summed E-state index contributed by atoms with van der Waals surface area (Å²) in [6.45, 7) is 5.73. The van der Waals surface area contributed by atoms with Crippen molar-refractivity contribution in [3.05, 3.63) is 79.8 Å². The van der Waals surface area contributed by atoms with Gasteiger partial charge in [0.15, 0.2) is 0 Å². The number of nitrogens with zero attached hydrogens (tertiary/aromatic N) is 1. The molecule has 0 fully saturated rings. The number of amides is 1. The van der Waals surface area contributed by atoms with Crippen LogP contribution in [0.15, 0.2) is 57.2 Å². The van der Waals surface area contributed by atoms with Gasteiger partial charge in [0.25, 0.3) is 0 Å². The summed E-state index contributed by atoms with van der Waals surface area (Å²) in [6, 6.07) is 7.72. The van der Waals surface area contributed by atoms with Crippen LogP contribution < -0.4 is 10.2 Å². The molecular formula is C33H35ClIN3O5Se. The van der Waals surface area contributed by atoms with Crippen LogP contribution in [0.1, 0.15) is 62.0 Å². The molecule has 1 aromatic heterocycles. The predicted octanol–water partition coefficient (Wildman–Crippen LogP) is 5.53. The molecule has 0 radical (unpaired) electrons. The number of aromatic amines is 1. The monoisotopic (exact) mass is 795 g/mol. The van der Waals surface area contributed by atoms with Crippen molar-refractivity contribution in [1.82, 2.24) is 4.98 Å². The molecule has 1 amide bonds. The Morgan fingerprint density at radius 1 is 1.07 bits per heavy atom. The molecule has 0 bridgehead atoms. The number of hydrogen-bond acceptors (Lipinski definition) is 6. The zero-order chi connectivity index (χ0) is 32.4. The van der Waals surface area contributed by atoms with Gasteiger partial charge >= 0.3 is 200 Å². The molecule has 0 atom stereocenters. The number of benzene rings is 1. The molecule has 1 aliphatic rings. The van der Waals surface area contributed by atoms with Crippen LogP contribution in [0.3, 0.4) is 0 Å². The van der Waals surface area contributed by atoms with E-state index in [2.05, 4.69) is 39.4 Å². The number of halogens is 2. The second-order valence-electron chi connectivity index (χ2n) is 9.98. The quantitative estimate of drug-likeness (QED) is 0.0963. The van der Waals surface area contributed by atoms with Crippen LogP contribution in [0.25, 0.3) is 6.08 Å². The number of ether oxygens (including phenoxy) is 2. The Bertz CT molecular complexity index is 1620. The Morgan fingerprint density at radius 3 is 2.32 bits per heavy atom. The molecule has 0 saturated heterocycles. The van der Waals surface area contributed by atoms with Gasteiger partial charge in [-0.3, -0.25) is 9.59 Å². The van der Waals surface area contributed by atoms with E-state index in [4.69, 9.17) is 31.8 Å². The zero-order valence-corrected chi connectivity index (χ0v) is 30.0. The molecule has 0 unspecified atom stereocenters. The molecule has 3 rings (SSSR count). The van der Waals surface area contributed by atoms with Crippen LogP contribution in [-0.2, 0) is 30.3 Å². The van der Waals surface area contributed by atoms with E-state index in [-0.39, 0.29) is 39.7 Å². The Balaban J connectivity index is 1.95. The van der Waals surface area contributed by atoms with Gasteiger partial charge in [-0.1, -0.05) is 0 Å². The molecule has 0 spiro atoms. The predicted molar refractivity (Wildman–Crippen MR) is 184 cm³/mol. The number of carbonyl (C=O) groups excluding carboxylic acids is 3. The van der Waals surface area contributed by atoms with Gasteiger partial charge in [-0.25, -0.2) is 0 Å². The first-order valence-corrected chi connectivity index (χ1v) is 17.4. The van der Waals surface area contributed by atoms with Crippen molar-refractivity contribution in [1.29, 1.82) is 0 Å². The van der Waals surface area contributed by atoms with Crippen molar-refractivity contribution in [2.24, 2.45) is 10.7 Å². The maximum absolute atomic E-state index is 12.3. The van der Waals surface area contributed by atoms with Crippen LogP contribution in [0.2, 0.25) is 10.3 Å². The second-order valence-corrected chi connectivity index (χ2v) is 13.9. The van der Waals surface area contributed by atoms with Crippen molar-refractivity contribution >= 4 is 81.3 Å². The second kappa shape index (κ2) is 16.8. The first kappa shape index (κ1) is 35.4. The van der Waals surface area contributed by atoms with E-state index in [1.807, 2.05) is 44.2 Å². The minimum Gasteiger partial charge on any atom is -0.469 e. The average molecular weight is 795 g/mol. The fraction of sp³-hybridized carbons (Fsp3) is 0.333. The van der Waals surface area contributed by atoms with E-state index in [0.29, 0.717) is 41.1 Å². The van der Waals surface area contributed by atoms with Crippen molar-refractivity contribution in [2.45, 2.75) is 58.2 Å². The average Bonchev–Trinajstić information content (AvgIpc) is 3.44. The fourth-order valence-electron chi connectivity index (χ4n) is 4.56. The van der Waals surface area contributed by atoms with Crippen molar-refractivity contribution in [3.8, 4) is 11.8 Å². The summed E-state index contributed by atoms with van der Waals surface area (Å²) in [5.41, 5.74) is 12.8. The van der Waals surface area contributed by atoms with Crippen LogP contribution in [0, 0.1) is 18.8 Å². The van der Waals surface area contributed by atoms with Crippen LogP contribution in [0.4, 0.5) is 0 Å². The normalized spacial score (nSPS) is 14.2. The Hall–Kier alpha value is -3.10. The van der Waals surface area contributed by atoms with E-state index < -0.39 is 5.91 Å². The summed E-state index contributed by atoms with van der Waals surface area (Å²) in [4.78, 5) is 44.3. The number of primary amides is 1. The number of aliphatic imine (C=N–C) groups is 1. The molecule has 1 aliphatic heterocycles. The molecule has 8 nitrogen and oxygen atoms in total. The number of nitrogens with one attached hydrogen (secondary N) is 1. The Morgan fingerprint density at radius 2 is 1.70 bits per heavy atom. The number of esters is 2. The van der Waals surface area contributed by atoms with Crippen molar-refractivity contribution in [3.63, 3.8) is 0 Å². The molecule has 0 saturated carbocycles. The number of methoxy groups -OCH3 is 2. The van der Waals surface area contributed by atoms with Crippen LogP contribution >= 0.6 is 34.2 Å². The van der Waals surface area contributed by atoms with E-state index in [9.17, 15) is 14.4 Å². The Labute approximate surface area is 283 Å². The number of carbonyl (C=O) groups is 3. The molecular weight excluding hydrogens is 760 g/mol. The smallest absolute Gasteiger partial charge is 0.469 e. The molecule has 3 N–H and O–H groups in total.